The van der Waals surface area contributed by atoms with E-state index in [0.29, 0.717) is 0 Å². The van der Waals surface area contributed by atoms with E-state index in [1.54, 1.807) is 13.1 Å². The van der Waals surface area contributed by atoms with Crippen LogP contribution in [0.2, 0.25) is 0 Å². The Balaban J connectivity index is 2.46. The number of carbonyl (C=O) groups is 1. The van der Waals surface area contributed by atoms with Crippen molar-refractivity contribution in [3.8, 4) is 0 Å². The Morgan fingerprint density at radius 2 is 2.35 bits per heavy atom. The molecule has 0 aliphatic rings. The van der Waals surface area contributed by atoms with Gasteiger partial charge >= 0.3 is 5.97 Å². The second kappa shape index (κ2) is 4.55. The van der Waals surface area contributed by atoms with E-state index < -0.39 is 12.0 Å². The van der Waals surface area contributed by atoms with Crippen LogP contribution in [-0.2, 0) is 11.2 Å². The Labute approximate surface area is 98.9 Å². The molecule has 0 spiro atoms. The Bertz CT molecular complexity index is 548. The zero-order valence-electron chi connectivity index (χ0n) is 9.82. The van der Waals surface area contributed by atoms with Crippen molar-refractivity contribution in [1.82, 2.24) is 15.3 Å². The summed E-state index contributed by atoms with van der Waals surface area (Å²) in [5.74, 6) is 0.0237. The van der Waals surface area contributed by atoms with E-state index in [4.69, 9.17) is 5.11 Å². The number of likely N-dealkylation sites (N-methyl/N-ethyl adjacent to an activating group) is 1. The number of aromatic nitrogens is 2. The van der Waals surface area contributed by atoms with Gasteiger partial charge in [-0.2, -0.15) is 0 Å². The zero-order chi connectivity index (χ0) is 12.4. The molecule has 2 aromatic rings. The number of H-pyrrole nitrogens is 1. The highest BCUT2D eigenvalue weighted by molar-refractivity contribution is 5.80. The molecule has 1 aromatic heterocycles. The molecule has 1 atom stereocenters. The van der Waals surface area contributed by atoms with Crippen LogP contribution < -0.4 is 5.32 Å². The number of hydrogen-bond donors (Lipinski definition) is 3. The highest BCUT2D eigenvalue weighted by atomic mass is 16.4. The molecule has 3 N–H and O–H groups in total. The number of rotatable bonds is 4. The Morgan fingerprint density at radius 1 is 1.59 bits per heavy atom. The smallest absolute Gasteiger partial charge is 0.325 e. The van der Waals surface area contributed by atoms with Crippen LogP contribution in [0.1, 0.15) is 24.4 Å². The maximum Gasteiger partial charge on any atom is 0.325 e. The van der Waals surface area contributed by atoms with Crippen LogP contribution in [-0.4, -0.2) is 28.1 Å². The summed E-state index contributed by atoms with van der Waals surface area (Å²) in [5, 5.41) is 11.8. The first-order valence-electron chi connectivity index (χ1n) is 5.54. The van der Waals surface area contributed by atoms with Gasteiger partial charge in [-0.1, -0.05) is 13.0 Å². The highest BCUT2D eigenvalue weighted by Gasteiger charge is 2.17. The largest absolute Gasteiger partial charge is 0.480 e. The lowest BCUT2D eigenvalue weighted by Crippen LogP contribution is -2.24. The molecule has 17 heavy (non-hydrogen) atoms. The lowest BCUT2D eigenvalue weighted by atomic mass is 10.1. The summed E-state index contributed by atoms with van der Waals surface area (Å²) in [7, 11) is 1.63. The molecule has 1 heterocycles. The first-order chi connectivity index (χ1) is 8.15. The van der Waals surface area contributed by atoms with Gasteiger partial charge in [-0.3, -0.25) is 4.79 Å². The first kappa shape index (κ1) is 11.6. The molecule has 5 heteroatoms. The summed E-state index contributed by atoms with van der Waals surface area (Å²) in [5.41, 5.74) is 2.46. The lowest BCUT2D eigenvalue weighted by Gasteiger charge is -2.10. The van der Waals surface area contributed by atoms with Crippen molar-refractivity contribution in [1.29, 1.82) is 0 Å². The van der Waals surface area contributed by atoms with Crippen LogP contribution in [0.5, 0.6) is 0 Å². The van der Waals surface area contributed by atoms with Crippen LogP contribution in [0, 0.1) is 0 Å². The molecular weight excluding hydrogens is 218 g/mol. The normalized spacial score (nSPS) is 12.8. The minimum Gasteiger partial charge on any atom is -0.480 e. The predicted octanol–water partition coefficient (Wildman–Crippen LogP) is 1.47. The van der Waals surface area contributed by atoms with Gasteiger partial charge in [0.25, 0.3) is 0 Å². The minimum atomic E-state index is -0.887. The molecule has 0 saturated carbocycles. The standard InChI is InChI=1S/C12H15N3O2/c1-3-10-14-8-5-4-7(6-9(8)15-10)11(13-2)12(16)17/h4-6,11,13H,3H2,1-2H3,(H,14,15)(H,16,17). The van der Waals surface area contributed by atoms with Gasteiger partial charge in [0.05, 0.1) is 11.0 Å². The molecule has 0 radical (unpaired) electrons. The summed E-state index contributed by atoms with van der Waals surface area (Å²) in [6.45, 7) is 2.02. The van der Waals surface area contributed by atoms with Gasteiger partial charge in [0, 0.05) is 6.42 Å². The molecule has 0 amide bonds. The molecule has 0 fully saturated rings. The number of benzene rings is 1. The van der Waals surface area contributed by atoms with Gasteiger partial charge in [-0.25, -0.2) is 4.98 Å². The summed E-state index contributed by atoms with van der Waals surface area (Å²) in [4.78, 5) is 18.6. The molecule has 5 nitrogen and oxygen atoms in total. The van der Waals surface area contributed by atoms with Gasteiger partial charge in [-0.15, -0.1) is 0 Å². The van der Waals surface area contributed by atoms with E-state index in [1.165, 1.54) is 0 Å². The third-order valence-corrected chi connectivity index (χ3v) is 2.76. The number of aliphatic carboxylic acids is 1. The molecule has 0 aliphatic carbocycles. The van der Waals surface area contributed by atoms with E-state index in [2.05, 4.69) is 15.3 Å². The number of nitrogens with one attached hydrogen (secondary N) is 2. The predicted molar refractivity (Wildman–Crippen MR) is 64.9 cm³/mol. The first-order valence-corrected chi connectivity index (χ1v) is 5.54. The fraction of sp³-hybridized carbons (Fsp3) is 0.333. The number of aryl methyl sites for hydroxylation is 1. The van der Waals surface area contributed by atoms with Gasteiger partial charge in [-0.05, 0) is 24.7 Å². The van der Waals surface area contributed by atoms with Crippen molar-refractivity contribution in [3.05, 3.63) is 29.6 Å². The number of aromatic amines is 1. The summed E-state index contributed by atoms with van der Waals surface area (Å²) < 4.78 is 0. The second-order valence-corrected chi connectivity index (χ2v) is 3.87. The summed E-state index contributed by atoms with van der Waals surface area (Å²) >= 11 is 0. The maximum atomic E-state index is 11.0. The van der Waals surface area contributed by atoms with E-state index >= 15 is 0 Å². The number of carboxylic acids is 1. The maximum absolute atomic E-state index is 11.0. The Morgan fingerprint density at radius 3 is 2.94 bits per heavy atom. The molecule has 1 unspecified atom stereocenters. The van der Waals surface area contributed by atoms with E-state index in [9.17, 15) is 4.79 Å². The van der Waals surface area contributed by atoms with Crippen molar-refractivity contribution in [2.24, 2.45) is 0 Å². The van der Waals surface area contributed by atoms with Crippen LogP contribution in [0.15, 0.2) is 18.2 Å². The van der Waals surface area contributed by atoms with Gasteiger partial charge in [0.15, 0.2) is 0 Å². The Hall–Kier alpha value is -1.88. The van der Waals surface area contributed by atoms with Gasteiger partial charge in [0.1, 0.15) is 11.9 Å². The van der Waals surface area contributed by atoms with Crippen LogP contribution >= 0.6 is 0 Å². The molecule has 0 bridgehead atoms. The van der Waals surface area contributed by atoms with E-state index in [0.717, 1.165) is 28.8 Å². The molecule has 0 aliphatic heterocycles. The Kier molecular flexibility index (Phi) is 3.10. The molecule has 0 saturated heterocycles. The summed E-state index contributed by atoms with van der Waals surface area (Å²) in [6, 6.07) is 4.77. The number of imidazole rings is 1. The van der Waals surface area contributed by atoms with Crippen LogP contribution in [0.4, 0.5) is 0 Å². The third-order valence-electron chi connectivity index (χ3n) is 2.76. The van der Waals surface area contributed by atoms with Crippen LogP contribution in [0.3, 0.4) is 0 Å². The highest BCUT2D eigenvalue weighted by Crippen LogP contribution is 2.19. The third kappa shape index (κ3) is 2.14. The van der Waals surface area contributed by atoms with E-state index in [-0.39, 0.29) is 0 Å². The number of fused-ring (bicyclic) bond motifs is 1. The van der Waals surface area contributed by atoms with Crippen molar-refractivity contribution in [2.45, 2.75) is 19.4 Å². The average Bonchev–Trinajstić information content (AvgIpc) is 2.71. The number of nitrogens with zero attached hydrogens (tertiary/aromatic N) is 1. The molecule has 2 rings (SSSR count). The van der Waals surface area contributed by atoms with Crippen molar-refractivity contribution >= 4 is 17.0 Å². The van der Waals surface area contributed by atoms with Crippen molar-refractivity contribution in [3.63, 3.8) is 0 Å². The van der Waals surface area contributed by atoms with E-state index in [1.807, 2.05) is 19.1 Å². The fourth-order valence-corrected chi connectivity index (χ4v) is 1.86. The van der Waals surface area contributed by atoms with Crippen LogP contribution in [0.25, 0.3) is 11.0 Å². The van der Waals surface area contributed by atoms with Gasteiger partial charge in [0.2, 0.25) is 0 Å². The van der Waals surface area contributed by atoms with Gasteiger partial charge < -0.3 is 15.4 Å². The SMILES string of the molecule is CCc1nc2ccc(C(NC)C(=O)O)cc2[nH]1. The summed E-state index contributed by atoms with van der Waals surface area (Å²) in [6.07, 6.45) is 0.832. The second-order valence-electron chi connectivity index (χ2n) is 3.87. The monoisotopic (exact) mass is 233 g/mol. The molecular formula is C12H15N3O2. The topological polar surface area (TPSA) is 78.0 Å². The van der Waals surface area contributed by atoms with Crippen molar-refractivity contribution in [2.75, 3.05) is 7.05 Å². The average molecular weight is 233 g/mol. The number of hydrogen-bond acceptors (Lipinski definition) is 3. The fourth-order valence-electron chi connectivity index (χ4n) is 1.86. The zero-order valence-corrected chi connectivity index (χ0v) is 9.82. The lowest BCUT2D eigenvalue weighted by molar-refractivity contribution is -0.139. The minimum absolute atomic E-state index is 0.687. The van der Waals surface area contributed by atoms with Crippen molar-refractivity contribution < 1.29 is 9.90 Å². The molecule has 1 aromatic carbocycles. The quantitative estimate of drug-likeness (QED) is 0.747. The number of carboxylic acid groups (broad SMARTS) is 1. The molecule has 90 valence electrons.